The van der Waals surface area contributed by atoms with Crippen LogP contribution >= 0.6 is 0 Å². The van der Waals surface area contributed by atoms with Crippen LogP contribution in [0.3, 0.4) is 0 Å². The minimum Gasteiger partial charge on any atom is -0.260 e. The minimum atomic E-state index is 1.04. The number of benzene rings is 1. The van der Waals surface area contributed by atoms with Crippen LogP contribution in [0.2, 0.25) is 0 Å². The highest BCUT2D eigenvalue weighted by atomic mass is 14.7. The van der Waals surface area contributed by atoms with Crippen LogP contribution in [0.4, 0.5) is 5.69 Å². The number of nitrogens with zero attached hydrogens (tertiary/aromatic N) is 1. The van der Waals surface area contributed by atoms with Gasteiger partial charge in [0.1, 0.15) is 0 Å². The van der Waals surface area contributed by atoms with Crippen molar-refractivity contribution >= 4 is 18.0 Å². The summed E-state index contributed by atoms with van der Waals surface area (Å²) >= 11 is 0. The number of hydrogen-bond donors (Lipinski definition) is 0. The van der Waals surface area contributed by atoms with Gasteiger partial charge in [0.15, 0.2) is 0 Å². The zero-order chi connectivity index (χ0) is 7.52. The first-order valence-electron chi connectivity index (χ1n) is 3.60. The third-order valence-electron chi connectivity index (χ3n) is 1.62. The average Bonchev–Trinajstić information content (AvgIpc) is 2.28. The smallest absolute Gasteiger partial charge is 0.0698 e. The van der Waals surface area contributed by atoms with Gasteiger partial charge in [-0.15, -0.1) is 0 Å². The molecule has 1 heteroatoms. The van der Waals surface area contributed by atoms with Crippen LogP contribution in [0.15, 0.2) is 35.3 Å². The summed E-state index contributed by atoms with van der Waals surface area (Å²) in [5.41, 5.74) is 2.22. The van der Waals surface area contributed by atoms with Crippen molar-refractivity contribution in [2.24, 2.45) is 4.99 Å². The molecule has 53 valence electrons. The molecule has 1 radical (unpaired) electrons. The van der Waals surface area contributed by atoms with E-state index in [4.69, 9.17) is 0 Å². The fraction of sp³-hybridized carbons (Fsp3) is 0. The highest BCUT2D eigenvalue weighted by molar-refractivity contribution is 5.81. The van der Waals surface area contributed by atoms with Crippen LogP contribution in [0.25, 0.3) is 6.08 Å². The van der Waals surface area contributed by atoms with Crippen molar-refractivity contribution in [2.45, 2.75) is 0 Å². The van der Waals surface area contributed by atoms with Crippen LogP contribution in [-0.4, -0.2) is 6.21 Å². The van der Waals surface area contributed by atoms with E-state index in [1.165, 1.54) is 5.56 Å². The minimum absolute atomic E-state index is 1.04. The number of hydrogen-bond acceptors (Lipinski definition) is 1. The molecule has 0 unspecified atom stereocenters. The van der Waals surface area contributed by atoms with Crippen molar-refractivity contribution in [3.63, 3.8) is 0 Å². The average molecular weight is 142 g/mol. The standard InChI is InChI=1S/C10H8N/c1-2-7-10-9(5-1)6-3-4-8-11-10/h1-8H. The molecule has 1 nitrogen and oxygen atoms in total. The quantitative estimate of drug-likeness (QED) is 0.528. The van der Waals surface area contributed by atoms with Crippen molar-refractivity contribution in [3.05, 3.63) is 42.3 Å². The lowest BCUT2D eigenvalue weighted by Gasteiger charge is -1.95. The van der Waals surface area contributed by atoms with Gasteiger partial charge in [0.05, 0.1) is 5.69 Å². The molecule has 1 aliphatic rings. The molecule has 0 saturated heterocycles. The Balaban J connectivity index is 2.58. The first kappa shape index (κ1) is 6.35. The lowest BCUT2D eigenvalue weighted by molar-refractivity contribution is 1.52. The summed E-state index contributed by atoms with van der Waals surface area (Å²) in [6, 6.07) is 8.08. The fourth-order valence-electron chi connectivity index (χ4n) is 1.08. The monoisotopic (exact) mass is 142 g/mol. The molecule has 0 aliphatic carbocycles. The zero-order valence-corrected chi connectivity index (χ0v) is 6.07. The van der Waals surface area contributed by atoms with Gasteiger partial charge in [-0.3, -0.25) is 4.99 Å². The summed E-state index contributed by atoms with van der Waals surface area (Å²) in [7, 11) is 0. The Labute approximate surface area is 66.1 Å². The topological polar surface area (TPSA) is 12.4 Å². The van der Waals surface area contributed by atoms with E-state index < -0.39 is 0 Å². The maximum atomic E-state index is 4.24. The molecule has 1 aromatic rings. The maximum absolute atomic E-state index is 4.24. The summed E-state index contributed by atoms with van der Waals surface area (Å²) in [5, 5.41) is 0. The summed E-state index contributed by atoms with van der Waals surface area (Å²) in [6.45, 7) is 0. The Kier molecular flexibility index (Phi) is 1.56. The summed E-state index contributed by atoms with van der Waals surface area (Å²) < 4.78 is 0. The van der Waals surface area contributed by atoms with E-state index in [0.29, 0.717) is 0 Å². The Hall–Kier alpha value is -1.37. The van der Waals surface area contributed by atoms with Crippen molar-refractivity contribution in [1.82, 2.24) is 0 Å². The number of fused-ring (bicyclic) bond motifs is 1. The molecule has 0 saturated carbocycles. The van der Waals surface area contributed by atoms with Gasteiger partial charge in [-0.05, 0) is 11.6 Å². The van der Waals surface area contributed by atoms with E-state index in [1.54, 1.807) is 0 Å². The molecule has 0 fully saturated rings. The van der Waals surface area contributed by atoms with Crippen LogP contribution < -0.4 is 0 Å². The second-order valence-electron chi connectivity index (χ2n) is 2.39. The van der Waals surface area contributed by atoms with Gasteiger partial charge in [-0.2, -0.15) is 0 Å². The van der Waals surface area contributed by atoms with Crippen LogP contribution in [0, 0.1) is 6.42 Å². The zero-order valence-electron chi connectivity index (χ0n) is 6.07. The third kappa shape index (κ3) is 1.22. The lowest BCUT2D eigenvalue weighted by Crippen LogP contribution is -1.70. The molecule has 0 spiro atoms. The van der Waals surface area contributed by atoms with E-state index in [-0.39, 0.29) is 0 Å². The van der Waals surface area contributed by atoms with Gasteiger partial charge in [-0.1, -0.05) is 30.4 Å². The molecule has 11 heavy (non-hydrogen) atoms. The number of para-hydroxylation sites is 1. The Bertz CT molecular complexity index is 279. The van der Waals surface area contributed by atoms with Crippen molar-refractivity contribution < 1.29 is 0 Å². The maximum Gasteiger partial charge on any atom is 0.0698 e. The molecule has 0 aromatic heterocycles. The Morgan fingerprint density at radius 2 is 2.00 bits per heavy atom. The van der Waals surface area contributed by atoms with Crippen molar-refractivity contribution in [1.29, 1.82) is 0 Å². The van der Waals surface area contributed by atoms with E-state index in [1.807, 2.05) is 36.9 Å². The first-order chi connectivity index (χ1) is 5.47. The molecule has 0 bridgehead atoms. The van der Waals surface area contributed by atoms with Crippen LogP contribution in [-0.2, 0) is 0 Å². The molecular weight excluding hydrogens is 134 g/mol. The molecule has 1 aliphatic heterocycles. The van der Waals surface area contributed by atoms with Gasteiger partial charge in [0.25, 0.3) is 0 Å². The molecular formula is C10H8N. The van der Waals surface area contributed by atoms with Crippen LogP contribution in [0.1, 0.15) is 5.56 Å². The van der Waals surface area contributed by atoms with Crippen molar-refractivity contribution in [2.75, 3.05) is 0 Å². The predicted molar refractivity (Wildman–Crippen MR) is 47.9 cm³/mol. The highest BCUT2D eigenvalue weighted by Gasteiger charge is 1.96. The van der Waals surface area contributed by atoms with Gasteiger partial charge >= 0.3 is 0 Å². The predicted octanol–water partition coefficient (Wildman–Crippen LogP) is 2.62. The normalized spacial score (nSPS) is 14.2. The molecule has 0 amide bonds. The summed E-state index contributed by atoms with van der Waals surface area (Å²) in [6.07, 6.45) is 7.79. The highest BCUT2D eigenvalue weighted by Crippen LogP contribution is 2.21. The number of allylic oxidation sites excluding steroid dienone is 1. The second kappa shape index (κ2) is 2.70. The fourth-order valence-corrected chi connectivity index (χ4v) is 1.08. The van der Waals surface area contributed by atoms with E-state index >= 15 is 0 Å². The first-order valence-corrected chi connectivity index (χ1v) is 3.60. The third-order valence-corrected chi connectivity index (χ3v) is 1.62. The van der Waals surface area contributed by atoms with Gasteiger partial charge < -0.3 is 0 Å². The molecule has 0 atom stereocenters. The SMILES string of the molecule is [CH]1C=Cc2ccccc2N=C1. The molecule has 1 heterocycles. The van der Waals surface area contributed by atoms with Crippen LogP contribution in [0.5, 0.6) is 0 Å². The van der Waals surface area contributed by atoms with E-state index in [9.17, 15) is 0 Å². The van der Waals surface area contributed by atoms with Gasteiger partial charge in [0, 0.05) is 12.6 Å². The largest absolute Gasteiger partial charge is 0.260 e. The van der Waals surface area contributed by atoms with Crippen molar-refractivity contribution in [3.8, 4) is 0 Å². The van der Waals surface area contributed by atoms with E-state index in [2.05, 4.69) is 17.1 Å². The van der Waals surface area contributed by atoms with Gasteiger partial charge in [-0.25, -0.2) is 0 Å². The summed E-state index contributed by atoms with van der Waals surface area (Å²) in [4.78, 5) is 4.24. The Morgan fingerprint density at radius 3 is 3.00 bits per heavy atom. The molecule has 0 N–H and O–H groups in total. The lowest BCUT2D eigenvalue weighted by atomic mass is 10.2. The Morgan fingerprint density at radius 1 is 1.09 bits per heavy atom. The molecule has 1 aromatic carbocycles. The van der Waals surface area contributed by atoms with Gasteiger partial charge in [0.2, 0.25) is 0 Å². The summed E-state index contributed by atoms with van der Waals surface area (Å²) in [5.74, 6) is 0. The number of rotatable bonds is 0. The molecule has 2 rings (SSSR count). The number of aliphatic imine (C=N–C) groups is 1. The van der Waals surface area contributed by atoms with E-state index in [0.717, 1.165) is 5.69 Å². The second-order valence-corrected chi connectivity index (χ2v) is 2.39.